The van der Waals surface area contributed by atoms with Crippen molar-refractivity contribution < 1.29 is 15.3 Å². The maximum Gasteiger partial charge on any atom is 0.0897 e. The van der Waals surface area contributed by atoms with Crippen molar-refractivity contribution in [3.8, 4) is 0 Å². The van der Waals surface area contributed by atoms with Crippen LogP contribution in [0.2, 0.25) is 0 Å². The fourth-order valence-corrected chi connectivity index (χ4v) is 1.16. The topological polar surface area (TPSA) is 63.9 Å². The lowest BCUT2D eigenvalue weighted by Gasteiger charge is -2.27. The number of hydrogen-bond donors (Lipinski definition) is 3. The van der Waals surface area contributed by atoms with Crippen LogP contribution in [0.4, 0.5) is 0 Å². The fourth-order valence-electron chi connectivity index (χ4n) is 1.16. The van der Waals surface area contributed by atoms with Crippen LogP contribution in [0.15, 0.2) is 0 Å². The maximum atomic E-state index is 9.22. The molecule has 0 saturated heterocycles. The minimum atomic E-state index is -0.680. The summed E-state index contributed by atoms with van der Waals surface area (Å²) < 4.78 is 0. The average molecular weight is 191 g/mol. The molecule has 0 spiro atoms. The molecule has 0 aromatic heterocycles. The fraction of sp³-hybridized carbons (Fsp3) is 1.00. The highest BCUT2D eigenvalue weighted by molar-refractivity contribution is 4.67. The number of aliphatic hydroxyl groups is 3. The Morgan fingerprint density at radius 1 is 1.23 bits per heavy atom. The second-order valence-electron chi connectivity index (χ2n) is 3.50. The van der Waals surface area contributed by atoms with Crippen LogP contribution in [0.5, 0.6) is 0 Å². The zero-order valence-electron chi connectivity index (χ0n) is 8.48. The van der Waals surface area contributed by atoms with Crippen LogP contribution in [-0.4, -0.2) is 58.7 Å². The molecule has 0 rings (SSSR count). The Kier molecular flexibility index (Phi) is 7.17. The largest absolute Gasteiger partial charge is 0.396 e. The lowest BCUT2D eigenvalue weighted by molar-refractivity contribution is 0.0471. The van der Waals surface area contributed by atoms with Gasteiger partial charge in [0.05, 0.1) is 12.7 Å². The molecule has 0 bridgehead atoms. The molecule has 0 aliphatic carbocycles. The third-order valence-electron chi connectivity index (χ3n) is 1.99. The second kappa shape index (κ2) is 7.26. The molecule has 0 fully saturated rings. The van der Waals surface area contributed by atoms with Crippen LogP contribution in [0, 0.1) is 0 Å². The molecule has 0 amide bonds. The summed E-state index contributed by atoms with van der Waals surface area (Å²) in [4.78, 5) is 2.04. The molecule has 0 aromatic carbocycles. The molecule has 0 saturated carbocycles. The standard InChI is InChI=1S/C9H21NO3/c1-8(2)10(4-3-5-11)6-9(13)7-12/h8-9,11-13H,3-7H2,1-2H3. The van der Waals surface area contributed by atoms with Gasteiger partial charge in [-0.05, 0) is 20.3 Å². The van der Waals surface area contributed by atoms with Crippen LogP contribution in [0.25, 0.3) is 0 Å². The van der Waals surface area contributed by atoms with Crippen LogP contribution in [0.3, 0.4) is 0 Å². The third kappa shape index (κ3) is 5.99. The van der Waals surface area contributed by atoms with E-state index in [0.29, 0.717) is 19.0 Å². The van der Waals surface area contributed by atoms with E-state index in [1.807, 2.05) is 18.7 Å². The number of nitrogens with zero attached hydrogens (tertiary/aromatic N) is 1. The molecule has 0 aliphatic rings. The zero-order chi connectivity index (χ0) is 10.3. The minimum Gasteiger partial charge on any atom is -0.396 e. The molecule has 3 N–H and O–H groups in total. The summed E-state index contributed by atoms with van der Waals surface area (Å²) in [6, 6.07) is 0.327. The monoisotopic (exact) mass is 191 g/mol. The lowest BCUT2D eigenvalue weighted by atomic mass is 10.2. The summed E-state index contributed by atoms with van der Waals surface area (Å²) in [5.41, 5.74) is 0. The molecule has 1 atom stereocenters. The van der Waals surface area contributed by atoms with Crippen molar-refractivity contribution in [2.24, 2.45) is 0 Å². The second-order valence-corrected chi connectivity index (χ2v) is 3.50. The molecule has 4 heteroatoms. The van der Waals surface area contributed by atoms with Crippen molar-refractivity contribution in [3.05, 3.63) is 0 Å². The Morgan fingerprint density at radius 3 is 2.23 bits per heavy atom. The van der Waals surface area contributed by atoms with Gasteiger partial charge in [0.2, 0.25) is 0 Å². The van der Waals surface area contributed by atoms with Gasteiger partial charge in [0.1, 0.15) is 0 Å². The quantitative estimate of drug-likeness (QED) is 0.504. The first-order chi connectivity index (χ1) is 6.11. The van der Waals surface area contributed by atoms with Crippen LogP contribution >= 0.6 is 0 Å². The molecule has 0 heterocycles. The van der Waals surface area contributed by atoms with Gasteiger partial charge in [-0.2, -0.15) is 0 Å². The van der Waals surface area contributed by atoms with Crippen LogP contribution < -0.4 is 0 Å². The molecule has 0 radical (unpaired) electrons. The highest BCUT2D eigenvalue weighted by Gasteiger charge is 2.13. The predicted octanol–water partition coefficient (Wildman–Crippen LogP) is -0.568. The van der Waals surface area contributed by atoms with Crippen molar-refractivity contribution in [3.63, 3.8) is 0 Å². The number of hydrogen-bond acceptors (Lipinski definition) is 4. The van der Waals surface area contributed by atoms with Crippen molar-refractivity contribution >= 4 is 0 Å². The third-order valence-corrected chi connectivity index (χ3v) is 1.99. The van der Waals surface area contributed by atoms with Gasteiger partial charge in [0.25, 0.3) is 0 Å². The first-order valence-electron chi connectivity index (χ1n) is 4.75. The lowest BCUT2D eigenvalue weighted by Crippen LogP contribution is -2.39. The summed E-state index contributed by atoms with van der Waals surface area (Å²) in [6.07, 6.45) is 0.0251. The molecule has 0 aromatic rings. The average Bonchev–Trinajstić information content (AvgIpc) is 2.11. The highest BCUT2D eigenvalue weighted by Crippen LogP contribution is 2.01. The molecule has 4 nitrogen and oxygen atoms in total. The minimum absolute atomic E-state index is 0.165. The van der Waals surface area contributed by atoms with E-state index in [0.717, 1.165) is 6.54 Å². The summed E-state index contributed by atoms with van der Waals surface area (Å²) in [6.45, 7) is 5.24. The summed E-state index contributed by atoms with van der Waals surface area (Å²) >= 11 is 0. The summed E-state index contributed by atoms with van der Waals surface area (Å²) in [5.74, 6) is 0. The molecule has 0 aliphatic heterocycles. The normalized spacial score (nSPS) is 14.1. The van der Waals surface area contributed by atoms with Crippen molar-refractivity contribution in [1.82, 2.24) is 4.90 Å². The number of rotatable bonds is 7. The van der Waals surface area contributed by atoms with Crippen LogP contribution in [-0.2, 0) is 0 Å². The van der Waals surface area contributed by atoms with E-state index in [9.17, 15) is 5.11 Å². The Bertz CT molecular complexity index is 119. The predicted molar refractivity (Wildman–Crippen MR) is 51.5 cm³/mol. The van der Waals surface area contributed by atoms with Gasteiger partial charge in [-0.15, -0.1) is 0 Å². The summed E-state index contributed by atoms with van der Waals surface area (Å²) in [5, 5.41) is 26.5. The van der Waals surface area contributed by atoms with E-state index in [1.54, 1.807) is 0 Å². The molecular formula is C9H21NO3. The molecule has 80 valence electrons. The molecule has 1 unspecified atom stereocenters. The SMILES string of the molecule is CC(C)N(CCCO)CC(O)CO. The van der Waals surface area contributed by atoms with Gasteiger partial charge in [0.15, 0.2) is 0 Å². The number of aliphatic hydroxyl groups excluding tert-OH is 3. The van der Waals surface area contributed by atoms with E-state index >= 15 is 0 Å². The van der Waals surface area contributed by atoms with Crippen LogP contribution in [0.1, 0.15) is 20.3 Å². The Hall–Kier alpha value is -0.160. The van der Waals surface area contributed by atoms with E-state index in [-0.39, 0.29) is 13.2 Å². The van der Waals surface area contributed by atoms with E-state index in [2.05, 4.69) is 0 Å². The molecule has 13 heavy (non-hydrogen) atoms. The first-order valence-corrected chi connectivity index (χ1v) is 4.75. The van der Waals surface area contributed by atoms with Gasteiger partial charge in [-0.1, -0.05) is 0 Å². The Labute approximate surface area is 79.8 Å². The Morgan fingerprint density at radius 2 is 1.85 bits per heavy atom. The van der Waals surface area contributed by atoms with Crippen molar-refractivity contribution in [2.75, 3.05) is 26.3 Å². The zero-order valence-corrected chi connectivity index (χ0v) is 8.48. The summed E-state index contributed by atoms with van der Waals surface area (Å²) in [7, 11) is 0. The van der Waals surface area contributed by atoms with E-state index < -0.39 is 6.10 Å². The van der Waals surface area contributed by atoms with Gasteiger partial charge in [0, 0.05) is 25.7 Å². The maximum absolute atomic E-state index is 9.22. The van der Waals surface area contributed by atoms with Gasteiger partial charge in [-0.3, -0.25) is 4.90 Å². The van der Waals surface area contributed by atoms with Crippen molar-refractivity contribution in [2.45, 2.75) is 32.4 Å². The van der Waals surface area contributed by atoms with E-state index in [4.69, 9.17) is 10.2 Å². The van der Waals surface area contributed by atoms with Gasteiger partial charge < -0.3 is 15.3 Å². The highest BCUT2D eigenvalue weighted by atomic mass is 16.3. The van der Waals surface area contributed by atoms with E-state index in [1.165, 1.54) is 0 Å². The van der Waals surface area contributed by atoms with Gasteiger partial charge >= 0.3 is 0 Å². The van der Waals surface area contributed by atoms with Crippen molar-refractivity contribution in [1.29, 1.82) is 0 Å². The molecular weight excluding hydrogens is 170 g/mol. The smallest absolute Gasteiger partial charge is 0.0897 e. The Balaban J connectivity index is 3.79. The van der Waals surface area contributed by atoms with Gasteiger partial charge in [-0.25, -0.2) is 0 Å². The first kappa shape index (κ1) is 12.8.